The van der Waals surface area contributed by atoms with Gasteiger partial charge in [0.2, 0.25) is 0 Å². The second-order valence-corrected chi connectivity index (χ2v) is 4.55. The number of aryl methyl sites for hydroxylation is 1. The topological polar surface area (TPSA) is 56.7 Å². The van der Waals surface area contributed by atoms with Gasteiger partial charge in [-0.05, 0) is 29.8 Å². The number of aromatic nitrogens is 3. The van der Waals surface area contributed by atoms with E-state index in [1.165, 1.54) is 10.8 Å². The molecule has 0 aliphatic heterocycles. The molecule has 19 heavy (non-hydrogen) atoms. The first-order valence-electron chi connectivity index (χ1n) is 6.46. The summed E-state index contributed by atoms with van der Waals surface area (Å²) in [4.78, 5) is 0. The Bertz CT molecular complexity index is 687. The maximum absolute atomic E-state index is 5.55. The fourth-order valence-electron chi connectivity index (χ4n) is 2.24. The summed E-state index contributed by atoms with van der Waals surface area (Å²) >= 11 is 0. The van der Waals surface area contributed by atoms with E-state index >= 15 is 0 Å². The number of fused-ring (bicyclic) bond motifs is 1. The molecule has 96 valence electrons. The average Bonchev–Trinajstić information content (AvgIpc) is 2.93. The lowest BCUT2D eigenvalue weighted by Crippen LogP contribution is -2.08. The summed E-state index contributed by atoms with van der Waals surface area (Å²) in [5.74, 6) is 0. The highest BCUT2D eigenvalue weighted by Crippen LogP contribution is 2.23. The summed E-state index contributed by atoms with van der Waals surface area (Å²) in [7, 11) is 0. The minimum absolute atomic E-state index is 0.664. The van der Waals surface area contributed by atoms with Gasteiger partial charge in [0.25, 0.3) is 0 Å². The Morgan fingerprint density at radius 1 is 1.05 bits per heavy atom. The van der Waals surface area contributed by atoms with Crippen molar-refractivity contribution in [2.45, 2.75) is 13.0 Å². The Kier molecular flexibility index (Phi) is 3.25. The summed E-state index contributed by atoms with van der Waals surface area (Å²) in [6, 6.07) is 14.7. The molecule has 2 aromatic carbocycles. The number of hydrogen-bond donors (Lipinski definition) is 1. The van der Waals surface area contributed by atoms with Crippen molar-refractivity contribution < 1.29 is 0 Å². The Balaban J connectivity index is 2.01. The summed E-state index contributed by atoms with van der Waals surface area (Å²) < 4.78 is 1.91. The third-order valence-corrected chi connectivity index (χ3v) is 3.24. The quantitative estimate of drug-likeness (QED) is 0.776. The Morgan fingerprint density at radius 3 is 2.74 bits per heavy atom. The van der Waals surface area contributed by atoms with Crippen LogP contribution in [0.1, 0.15) is 6.42 Å². The van der Waals surface area contributed by atoms with Crippen LogP contribution in [0, 0.1) is 0 Å². The molecule has 0 bridgehead atoms. The Labute approximate surface area is 111 Å². The van der Waals surface area contributed by atoms with Crippen LogP contribution in [0.5, 0.6) is 0 Å². The first-order valence-corrected chi connectivity index (χ1v) is 6.46. The van der Waals surface area contributed by atoms with E-state index in [1.807, 2.05) is 4.68 Å². The zero-order valence-corrected chi connectivity index (χ0v) is 10.7. The molecule has 1 aromatic heterocycles. The van der Waals surface area contributed by atoms with Gasteiger partial charge in [0.1, 0.15) is 0 Å². The maximum atomic E-state index is 5.55. The van der Waals surface area contributed by atoms with Gasteiger partial charge in [-0.15, -0.1) is 5.10 Å². The number of nitrogens with zero attached hydrogens (tertiary/aromatic N) is 3. The molecule has 1 heterocycles. The van der Waals surface area contributed by atoms with Crippen molar-refractivity contribution in [1.29, 1.82) is 0 Å². The summed E-state index contributed by atoms with van der Waals surface area (Å²) in [6.07, 6.45) is 2.71. The lowest BCUT2D eigenvalue weighted by molar-refractivity contribution is 0.569. The second-order valence-electron chi connectivity index (χ2n) is 4.55. The van der Waals surface area contributed by atoms with E-state index in [0.717, 1.165) is 24.2 Å². The lowest BCUT2D eigenvalue weighted by atomic mass is 10.1. The third kappa shape index (κ3) is 2.35. The molecule has 0 amide bonds. The van der Waals surface area contributed by atoms with E-state index < -0.39 is 0 Å². The van der Waals surface area contributed by atoms with Crippen molar-refractivity contribution in [3.05, 3.63) is 48.7 Å². The van der Waals surface area contributed by atoms with Gasteiger partial charge < -0.3 is 5.73 Å². The molecule has 0 saturated heterocycles. The van der Waals surface area contributed by atoms with Crippen LogP contribution in [-0.4, -0.2) is 21.5 Å². The molecule has 0 aliphatic carbocycles. The predicted molar refractivity (Wildman–Crippen MR) is 76.6 cm³/mol. The van der Waals surface area contributed by atoms with Crippen LogP contribution in [-0.2, 0) is 6.54 Å². The van der Waals surface area contributed by atoms with Crippen LogP contribution in [0.15, 0.2) is 48.7 Å². The molecule has 4 heteroatoms. The molecule has 0 spiro atoms. The van der Waals surface area contributed by atoms with Crippen LogP contribution in [0.25, 0.3) is 22.0 Å². The van der Waals surface area contributed by atoms with Gasteiger partial charge in [0.15, 0.2) is 0 Å². The second kappa shape index (κ2) is 5.20. The monoisotopic (exact) mass is 252 g/mol. The van der Waals surface area contributed by atoms with Gasteiger partial charge in [0.05, 0.1) is 11.9 Å². The SMILES string of the molecule is NCCCn1nncc1-c1ccc2ccccc2c1. The Morgan fingerprint density at radius 2 is 1.89 bits per heavy atom. The molecule has 3 aromatic rings. The van der Waals surface area contributed by atoms with Crippen LogP contribution < -0.4 is 5.73 Å². The molecule has 2 N–H and O–H groups in total. The molecule has 0 fully saturated rings. The lowest BCUT2D eigenvalue weighted by Gasteiger charge is -2.06. The molecular formula is C15H16N4. The van der Waals surface area contributed by atoms with Gasteiger partial charge in [0, 0.05) is 12.1 Å². The first kappa shape index (κ1) is 11.9. The maximum Gasteiger partial charge on any atom is 0.0885 e. The third-order valence-electron chi connectivity index (χ3n) is 3.24. The van der Waals surface area contributed by atoms with Gasteiger partial charge >= 0.3 is 0 Å². The van der Waals surface area contributed by atoms with Crippen molar-refractivity contribution in [3.63, 3.8) is 0 Å². The van der Waals surface area contributed by atoms with E-state index in [1.54, 1.807) is 6.20 Å². The van der Waals surface area contributed by atoms with Crippen molar-refractivity contribution in [2.75, 3.05) is 6.54 Å². The molecule has 4 nitrogen and oxygen atoms in total. The average molecular weight is 252 g/mol. The van der Waals surface area contributed by atoms with Crippen LogP contribution in [0.4, 0.5) is 0 Å². The highest BCUT2D eigenvalue weighted by atomic mass is 15.4. The van der Waals surface area contributed by atoms with E-state index in [2.05, 4.69) is 52.8 Å². The molecule has 3 rings (SSSR count). The molecule has 0 radical (unpaired) electrons. The fraction of sp³-hybridized carbons (Fsp3) is 0.200. The minimum Gasteiger partial charge on any atom is -0.330 e. The van der Waals surface area contributed by atoms with Crippen molar-refractivity contribution >= 4 is 10.8 Å². The number of benzene rings is 2. The van der Waals surface area contributed by atoms with Crippen LogP contribution >= 0.6 is 0 Å². The zero-order chi connectivity index (χ0) is 13.1. The molecule has 0 unspecified atom stereocenters. The van der Waals surface area contributed by atoms with E-state index in [4.69, 9.17) is 5.73 Å². The number of hydrogen-bond acceptors (Lipinski definition) is 3. The minimum atomic E-state index is 0.664. The molecule has 0 atom stereocenters. The normalized spacial score (nSPS) is 11.0. The van der Waals surface area contributed by atoms with Gasteiger partial charge in [-0.2, -0.15) is 0 Å². The predicted octanol–water partition coefficient (Wildman–Crippen LogP) is 2.45. The van der Waals surface area contributed by atoms with Crippen molar-refractivity contribution in [2.24, 2.45) is 5.73 Å². The van der Waals surface area contributed by atoms with E-state index in [0.29, 0.717) is 6.54 Å². The highest BCUT2D eigenvalue weighted by molar-refractivity contribution is 5.86. The standard InChI is InChI=1S/C15H16N4/c16-8-3-9-19-15(11-17-18-19)14-7-6-12-4-1-2-5-13(12)10-14/h1-2,4-7,10-11H,3,8-9,16H2. The fourth-order valence-corrected chi connectivity index (χ4v) is 2.24. The molecule has 0 aliphatic rings. The summed E-state index contributed by atoms with van der Waals surface area (Å²) in [5, 5.41) is 10.6. The summed E-state index contributed by atoms with van der Waals surface area (Å²) in [6.45, 7) is 1.47. The van der Waals surface area contributed by atoms with Crippen molar-refractivity contribution in [1.82, 2.24) is 15.0 Å². The van der Waals surface area contributed by atoms with Crippen molar-refractivity contribution in [3.8, 4) is 11.3 Å². The number of rotatable bonds is 4. The van der Waals surface area contributed by atoms with Gasteiger partial charge in [-0.3, -0.25) is 0 Å². The number of nitrogens with two attached hydrogens (primary N) is 1. The largest absolute Gasteiger partial charge is 0.330 e. The van der Waals surface area contributed by atoms with Gasteiger partial charge in [-0.25, -0.2) is 4.68 Å². The van der Waals surface area contributed by atoms with E-state index in [-0.39, 0.29) is 0 Å². The smallest absolute Gasteiger partial charge is 0.0885 e. The van der Waals surface area contributed by atoms with Crippen LogP contribution in [0.2, 0.25) is 0 Å². The van der Waals surface area contributed by atoms with Gasteiger partial charge in [-0.1, -0.05) is 41.6 Å². The zero-order valence-electron chi connectivity index (χ0n) is 10.7. The highest BCUT2D eigenvalue weighted by Gasteiger charge is 2.06. The molecular weight excluding hydrogens is 236 g/mol. The molecule has 0 saturated carbocycles. The summed E-state index contributed by atoms with van der Waals surface area (Å²) in [5.41, 5.74) is 7.73. The Hall–Kier alpha value is -2.20. The van der Waals surface area contributed by atoms with Crippen LogP contribution in [0.3, 0.4) is 0 Å². The first-order chi connectivity index (χ1) is 9.38. The van der Waals surface area contributed by atoms with E-state index in [9.17, 15) is 0 Å².